The summed E-state index contributed by atoms with van der Waals surface area (Å²) in [5.41, 5.74) is 1.42. The first-order valence-corrected chi connectivity index (χ1v) is 6.83. The Morgan fingerprint density at radius 1 is 1.00 bits per heavy atom. The van der Waals surface area contributed by atoms with Gasteiger partial charge in [-0.2, -0.15) is 0 Å². The molecule has 0 unspecified atom stereocenters. The largest absolute Gasteiger partial charge is 0.353 e. The molecule has 0 saturated heterocycles. The molecule has 116 valence electrons. The van der Waals surface area contributed by atoms with Gasteiger partial charge in [0.1, 0.15) is 11.6 Å². The quantitative estimate of drug-likeness (QED) is 0.791. The van der Waals surface area contributed by atoms with E-state index in [2.05, 4.69) is 16.0 Å². The number of hydrogen-bond acceptors (Lipinski definition) is 2. The van der Waals surface area contributed by atoms with E-state index in [0.29, 0.717) is 11.4 Å². The predicted molar refractivity (Wildman–Crippen MR) is 83.4 cm³/mol. The van der Waals surface area contributed by atoms with Gasteiger partial charge in [0.25, 0.3) is 0 Å². The zero-order chi connectivity index (χ0) is 16.1. The summed E-state index contributed by atoms with van der Waals surface area (Å²) in [5.74, 6) is -1.29. The van der Waals surface area contributed by atoms with E-state index >= 15 is 0 Å². The van der Waals surface area contributed by atoms with Crippen LogP contribution in [-0.4, -0.2) is 12.1 Å². The Labute approximate surface area is 127 Å². The van der Waals surface area contributed by atoms with E-state index in [1.54, 1.807) is 24.3 Å². The lowest BCUT2D eigenvalue weighted by Crippen LogP contribution is -2.34. The van der Waals surface area contributed by atoms with Crippen LogP contribution in [0, 0.1) is 11.6 Å². The van der Waals surface area contributed by atoms with Crippen LogP contribution in [0.5, 0.6) is 0 Å². The van der Waals surface area contributed by atoms with Gasteiger partial charge in [0.15, 0.2) is 0 Å². The van der Waals surface area contributed by atoms with Gasteiger partial charge in [-0.25, -0.2) is 13.6 Å². The molecule has 4 nitrogen and oxygen atoms in total. The van der Waals surface area contributed by atoms with Gasteiger partial charge in [-0.1, -0.05) is 0 Å². The van der Waals surface area contributed by atoms with Crippen molar-refractivity contribution < 1.29 is 13.6 Å². The predicted octanol–water partition coefficient (Wildman–Crippen LogP) is 4.24. The Morgan fingerprint density at radius 3 is 2.23 bits per heavy atom. The number of nitrogens with one attached hydrogen (secondary N) is 3. The summed E-state index contributed by atoms with van der Waals surface area (Å²) < 4.78 is 26.4. The normalized spacial score (nSPS) is 10.4. The van der Waals surface area contributed by atoms with Crippen molar-refractivity contribution in [2.45, 2.75) is 19.9 Å². The first-order chi connectivity index (χ1) is 10.4. The van der Waals surface area contributed by atoms with Gasteiger partial charge in [0.05, 0.1) is 5.69 Å². The van der Waals surface area contributed by atoms with E-state index in [1.807, 2.05) is 13.8 Å². The van der Waals surface area contributed by atoms with Gasteiger partial charge in [-0.05, 0) is 50.2 Å². The molecule has 2 aromatic carbocycles. The molecule has 0 aliphatic heterocycles. The Hall–Kier alpha value is -2.63. The summed E-state index contributed by atoms with van der Waals surface area (Å²) in [7, 11) is 0. The fourth-order valence-corrected chi connectivity index (χ4v) is 1.81. The average molecular weight is 305 g/mol. The molecule has 0 heterocycles. The smallest absolute Gasteiger partial charge is 0.319 e. The molecule has 6 heteroatoms. The zero-order valence-electron chi connectivity index (χ0n) is 12.3. The van der Waals surface area contributed by atoms with Gasteiger partial charge < -0.3 is 16.0 Å². The molecular weight excluding hydrogens is 288 g/mol. The number of urea groups is 1. The van der Waals surface area contributed by atoms with E-state index in [4.69, 9.17) is 0 Å². The van der Waals surface area contributed by atoms with Crippen molar-refractivity contribution in [3.8, 4) is 0 Å². The van der Waals surface area contributed by atoms with Crippen molar-refractivity contribution >= 4 is 23.1 Å². The van der Waals surface area contributed by atoms with E-state index < -0.39 is 11.6 Å². The number of hydrogen-bond donors (Lipinski definition) is 3. The van der Waals surface area contributed by atoms with Gasteiger partial charge >= 0.3 is 6.03 Å². The molecule has 3 N–H and O–H groups in total. The molecule has 22 heavy (non-hydrogen) atoms. The molecule has 0 aliphatic carbocycles. The van der Waals surface area contributed by atoms with Crippen LogP contribution in [-0.2, 0) is 0 Å². The highest BCUT2D eigenvalue weighted by atomic mass is 19.1. The average Bonchev–Trinajstić information content (AvgIpc) is 2.43. The van der Waals surface area contributed by atoms with Gasteiger partial charge in [0, 0.05) is 23.5 Å². The maximum atomic E-state index is 13.5. The SMILES string of the molecule is CC(C)NC(=O)Nc1ccc(Nc2ccc(F)cc2F)cc1. The summed E-state index contributed by atoms with van der Waals surface area (Å²) in [6.45, 7) is 3.73. The van der Waals surface area contributed by atoms with Crippen LogP contribution >= 0.6 is 0 Å². The highest BCUT2D eigenvalue weighted by Gasteiger charge is 2.05. The summed E-state index contributed by atoms with van der Waals surface area (Å²) >= 11 is 0. The molecule has 2 aromatic rings. The van der Waals surface area contributed by atoms with Gasteiger partial charge in [-0.3, -0.25) is 0 Å². The van der Waals surface area contributed by atoms with Crippen LogP contribution in [0.2, 0.25) is 0 Å². The van der Waals surface area contributed by atoms with Crippen molar-refractivity contribution in [1.29, 1.82) is 0 Å². The highest BCUT2D eigenvalue weighted by molar-refractivity contribution is 5.89. The zero-order valence-corrected chi connectivity index (χ0v) is 12.3. The number of benzene rings is 2. The Balaban J connectivity index is 2.01. The lowest BCUT2D eigenvalue weighted by molar-refractivity contribution is 0.250. The molecule has 0 saturated carbocycles. The number of carbonyl (C=O) groups excluding carboxylic acids is 1. The molecule has 2 amide bonds. The molecule has 0 aromatic heterocycles. The molecule has 0 bridgehead atoms. The monoisotopic (exact) mass is 305 g/mol. The highest BCUT2D eigenvalue weighted by Crippen LogP contribution is 2.22. The van der Waals surface area contributed by atoms with Crippen LogP contribution in [0.3, 0.4) is 0 Å². The van der Waals surface area contributed by atoms with Crippen molar-refractivity contribution in [2.75, 3.05) is 10.6 Å². The Bertz CT molecular complexity index is 657. The minimum atomic E-state index is -0.668. The van der Waals surface area contributed by atoms with E-state index in [9.17, 15) is 13.6 Å². The molecule has 0 aliphatic rings. The lowest BCUT2D eigenvalue weighted by Gasteiger charge is -2.11. The standard InChI is InChI=1S/C16H17F2N3O/c1-10(2)19-16(22)21-13-6-4-12(5-7-13)20-15-8-3-11(17)9-14(15)18/h3-10,20H,1-2H3,(H2,19,21,22). The van der Waals surface area contributed by atoms with E-state index in [0.717, 1.165) is 6.07 Å². The first kappa shape index (κ1) is 15.8. The number of halogens is 2. The minimum absolute atomic E-state index is 0.0439. The van der Waals surface area contributed by atoms with Gasteiger partial charge in [-0.15, -0.1) is 0 Å². The summed E-state index contributed by atoms with van der Waals surface area (Å²) in [4.78, 5) is 11.6. The molecule has 0 spiro atoms. The van der Waals surface area contributed by atoms with Crippen LogP contribution < -0.4 is 16.0 Å². The van der Waals surface area contributed by atoms with Crippen LogP contribution in [0.15, 0.2) is 42.5 Å². The fraction of sp³-hybridized carbons (Fsp3) is 0.188. The van der Waals surface area contributed by atoms with Crippen molar-refractivity contribution in [2.24, 2.45) is 0 Å². The van der Waals surface area contributed by atoms with E-state index in [-0.39, 0.29) is 17.8 Å². The third-order valence-electron chi connectivity index (χ3n) is 2.77. The van der Waals surface area contributed by atoms with E-state index in [1.165, 1.54) is 12.1 Å². The van der Waals surface area contributed by atoms with Crippen molar-refractivity contribution in [3.63, 3.8) is 0 Å². The number of amides is 2. The van der Waals surface area contributed by atoms with Gasteiger partial charge in [0.2, 0.25) is 0 Å². The number of anilines is 3. The molecule has 0 radical (unpaired) electrons. The third kappa shape index (κ3) is 4.44. The summed E-state index contributed by atoms with van der Waals surface area (Å²) in [5, 5.41) is 8.23. The Kier molecular flexibility index (Phi) is 4.93. The fourth-order valence-electron chi connectivity index (χ4n) is 1.81. The van der Waals surface area contributed by atoms with Crippen molar-refractivity contribution in [1.82, 2.24) is 5.32 Å². The van der Waals surface area contributed by atoms with Crippen LogP contribution in [0.4, 0.5) is 30.6 Å². The Morgan fingerprint density at radius 2 is 1.64 bits per heavy atom. The second-order valence-corrected chi connectivity index (χ2v) is 5.08. The summed E-state index contributed by atoms with van der Waals surface area (Å²) in [6, 6.07) is 9.82. The lowest BCUT2D eigenvalue weighted by atomic mass is 10.2. The topological polar surface area (TPSA) is 53.2 Å². The molecule has 0 fully saturated rings. The molecule has 0 atom stereocenters. The molecule has 2 rings (SSSR count). The minimum Gasteiger partial charge on any atom is -0.353 e. The van der Waals surface area contributed by atoms with Crippen LogP contribution in [0.25, 0.3) is 0 Å². The number of carbonyl (C=O) groups is 1. The number of rotatable bonds is 4. The first-order valence-electron chi connectivity index (χ1n) is 6.83. The maximum absolute atomic E-state index is 13.5. The third-order valence-corrected chi connectivity index (χ3v) is 2.77. The summed E-state index contributed by atoms with van der Waals surface area (Å²) in [6.07, 6.45) is 0. The molecular formula is C16H17F2N3O. The van der Waals surface area contributed by atoms with Crippen molar-refractivity contribution in [3.05, 3.63) is 54.1 Å². The van der Waals surface area contributed by atoms with Crippen LogP contribution in [0.1, 0.15) is 13.8 Å². The second-order valence-electron chi connectivity index (χ2n) is 5.08. The maximum Gasteiger partial charge on any atom is 0.319 e. The second kappa shape index (κ2) is 6.89.